The first-order valence-corrected chi connectivity index (χ1v) is 27.0. The topological polar surface area (TPSA) is 19.0 Å². The van der Waals surface area contributed by atoms with Gasteiger partial charge in [-0.2, -0.15) is 0 Å². The van der Waals surface area contributed by atoms with Crippen LogP contribution in [0.25, 0.3) is 44.5 Å². The molecule has 0 unspecified atom stereocenters. The molecule has 0 bridgehead atoms. The van der Waals surface area contributed by atoms with Gasteiger partial charge in [0, 0.05) is 57.0 Å². The van der Waals surface area contributed by atoms with Crippen LogP contribution in [0, 0.1) is 0 Å². The molecule has 0 N–H and O–H groups in total. The molecule has 0 aliphatic carbocycles. The molecule has 0 radical (unpaired) electrons. The van der Waals surface area contributed by atoms with Crippen LogP contribution in [-0.4, -0.2) is 13.4 Å². The first-order valence-electron chi connectivity index (χ1n) is 27.0. The lowest BCUT2D eigenvalue weighted by atomic mass is 9.30. The normalized spacial score (nSPS) is 13.1. The Morgan fingerprint density at radius 1 is 0.231 bits per heavy atom. The van der Waals surface area contributed by atoms with Gasteiger partial charge in [0.1, 0.15) is 11.5 Å². The van der Waals surface area contributed by atoms with E-state index in [0.29, 0.717) is 0 Å². The second kappa shape index (κ2) is 17.8. The number of para-hydroxylation sites is 5. The third kappa shape index (κ3) is 6.83. The third-order valence-corrected chi connectivity index (χ3v) is 16.5. The van der Waals surface area contributed by atoms with E-state index >= 15 is 0 Å². The van der Waals surface area contributed by atoms with E-state index < -0.39 is 0 Å². The standard InChI is InChI=1S/C72H47B2N3O/c1-6-24-48(25-7-1)52-42-66-71-67(43-52)77(62-39-21-17-35-56(62)51-30-12-4-13-31-51)65-47-69-60(46-59(65)73(71)58-37-19-23-41-64(58)76(66)61-38-20-16-34-55(61)50-28-10-3-11-29-50)74-57-36-18-22-40-63(57)75(54-32-14-5-15-33-54)68-44-53(45-70(78-69)72(68)74)49-26-8-2-9-27-49/h1-47H. The van der Waals surface area contributed by atoms with Crippen molar-refractivity contribution in [3.8, 4) is 56.0 Å². The van der Waals surface area contributed by atoms with Crippen LogP contribution in [0.3, 0.4) is 0 Å². The fourth-order valence-electron chi connectivity index (χ4n) is 13.2. The minimum atomic E-state index is -0.141. The number of anilines is 9. The maximum atomic E-state index is 7.58. The van der Waals surface area contributed by atoms with Gasteiger partial charge < -0.3 is 19.4 Å². The predicted octanol–water partition coefficient (Wildman–Crippen LogP) is 14.8. The molecule has 6 heteroatoms. The summed E-state index contributed by atoms with van der Waals surface area (Å²) in [5.74, 6) is 1.73. The summed E-state index contributed by atoms with van der Waals surface area (Å²) in [7, 11) is 0. The van der Waals surface area contributed by atoms with Gasteiger partial charge in [0.15, 0.2) is 0 Å². The van der Waals surface area contributed by atoms with E-state index in [1.54, 1.807) is 0 Å². The van der Waals surface area contributed by atoms with Crippen molar-refractivity contribution in [3.05, 3.63) is 285 Å². The van der Waals surface area contributed by atoms with Crippen molar-refractivity contribution in [3.63, 3.8) is 0 Å². The van der Waals surface area contributed by atoms with E-state index in [1.165, 1.54) is 38.4 Å². The quantitative estimate of drug-likeness (QED) is 0.148. The van der Waals surface area contributed by atoms with E-state index in [-0.39, 0.29) is 13.4 Å². The molecular weight excluding hydrogens is 944 g/mol. The average Bonchev–Trinajstić information content (AvgIpc) is 3.66. The molecule has 0 amide bonds. The summed E-state index contributed by atoms with van der Waals surface area (Å²) in [6, 6.07) is 105. The molecule has 4 heterocycles. The minimum Gasteiger partial charge on any atom is -0.458 e. The fraction of sp³-hybridized carbons (Fsp3) is 0. The smallest absolute Gasteiger partial charge is 0.256 e. The van der Waals surface area contributed by atoms with Gasteiger partial charge in [0.25, 0.3) is 13.4 Å². The Labute approximate surface area is 455 Å². The highest BCUT2D eigenvalue weighted by Crippen LogP contribution is 2.51. The molecule has 4 nitrogen and oxygen atoms in total. The van der Waals surface area contributed by atoms with Crippen LogP contribution >= 0.6 is 0 Å². The second-order valence-electron chi connectivity index (χ2n) is 20.7. The molecular formula is C72H47B2N3O. The fourth-order valence-corrected chi connectivity index (χ4v) is 13.2. The van der Waals surface area contributed by atoms with Crippen molar-refractivity contribution in [1.29, 1.82) is 0 Å². The molecule has 0 atom stereocenters. The molecule has 16 rings (SSSR count). The summed E-state index contributed by atoms with van der Waals surface area (Å²) in [5, 5.41) is 0. The molecule has 78 heavy (non-hydrogen) atoms. The number of hydrogen-bond donors (Lipinski definition) is 0. The molecule has 0 saturated heterocycles. The summed E-state index contributed by atoms with van der Waals surface area (Å²) in [4.78, 5) is 7.55. The zero-order chi connectivity index (χ0) is 51.3. The van der Waals surface area contributed by atoms with Crippen LogP contribution in [0.1, 0.15) is 0 Å². The van der Waals surface area contributed by atoms with Crippen LogP contribution in [0.15, 0.2) is 285 Å². The largest absolute Gasteiger partial charge is 0.458 e. The van der Waals surface area contributed by atoms with Gasteiger partial charge in [-0.15, -0.1) is 0 Å². The molecule has 4 aliphatic rings. The summed E-state index contributed by atoms with van der Waals surface area (Å²) < 4.78 is 7.58. The van der Waals surface area contributed by atoms with Gasteiger partial charge >= 0.3 is 0 Å². The number of benzene rings is 12. The van der Waals surface area contributed by atoms with E-state index in [4.69, 9.17) is 4.74 Å². The van der Waals surface area contributed by atoms with E-state index in [0.717, 1.165) is 102 Å². The van der Waals surface area contributed by atoms with Crippen molar-refractivity contribution >= 4 is 97.4 Å². The van der Waals surface area contributed by atoms with Crippen LogP contribution < -0.4 is 52.2 Å². The Morgan fingerprint density at radius 2 is 0.628 bits per heavy atom. The third-order valence-electron chi connectivity index (χ3n) is 16.5. The van der Waals surface area contributed by atoms with Gasteiger partial charge in [0.05, 0.1) is 11.4 Å². The molecule has 12 aromatic carbocycles. The van der Waals surface area contributed by atoms with Gasteiger partial charge in [-0.05, 0) is 127 Å². The lowest BCUT2D eigenvalue weighted by Crippen LogP contribution is -2.64. The van der Waals surface area contributed by atoms with Crippen molar-refractivity contribution in [1.82, 2.24) is 0 Å². The first-order chi connectivity index (χ1) is 38.7. The van der Waals surface area contributed by atoms with E-state index in [9.17, 15) is 0 Å². The summed E-state index contributed by atoms with van der Waals surface area (Å²) >= 11 is 0. The van der Waals surface area contributed by atoms with E-state index in [1.807, 2.05) is 0 Å². The average molecular weight is 992 g/mol. The Hall–Kier alpha value is -10.0. The number of hydrogen-bond acceptors (Lipinski definition) is 4. The van der Waals surface area contributed by atoms with Gasteiger partial charge in [-0.3, -0.25) is 0 Å². The van der Waals surface area contributed by atoms with Crippen LogP contribution in [-0.2, 0) is 0 Å². The molecule has 4 aliphatic heterocycles. The number of ether oxygens (including phenoxy) is 1. The van der Waals surface area contributed by atoms with Crippen LogP contribution in [0.5, 0.6) is 11.5 Å². The van der Waals surface area contributed by atoms with Crippen LogP contribution in [0.2, 0.25) is 0 Å². The molecule has 12 aromatic rings. The number of nitrogens with zero attached hydrogens (tertiary/aromatic N) is 3. The first kappa shape index (κ1) is 44.3. The number of fused-ring (bicyclic) bond motifs is 8. The van der Waals surface area contributed by atoms with Crippen molar-refractivity contribution in [2.75, 3.05) is 14.7 Å². The highest BCUT2D eigenvalue weighted by molar-refractivity contribution is 7.02. The zero-order valence-corrected chi connectivity index (χ0v) is 42.5. The van der Waals surface area contributed by atoms with E-state index in [2.05, 4.69) is 300 Å². The summed E-state index contributed by atoms with van der Waals surface area (Å²) in [6.45, 7) is -0.262. The van der Waals surface area contributed by atoms with Gasteiger partial charge in [-0.25, -0.2) is 0 Å². The molecule has 0 aromatic heterocycles. The Balaban J connectivity index is 1.01. The second-order valence-corrected chi connectivity index (χ2v) is 20.7. The highest BCUT2D eigenvalue weighted by atomic mass is 16.5. The zero-order valence-electron chi connectivity index (χ0n) is 42.5. The van der Waals surface area contributed by atoms with Crippen molar-refractivity contribution in [2.45, 2.75) is 0 Å². The monoisotopic (exact) mass is 991 g/mol. The Morgan fingerprint density at radius 3 is 1.17 bits per heavy atom. The molecule has 0 spiro atoms. The van der Waals surface area contributed by atoms with Crippen LogP contribution in [0.4, 0.5) is 51.2 Å². The van der Waals surface area contributed by atoms with Gasteiger partial charge in [-0.1, -0.05) is 218 Å². The molecule has 0 fully saturated rings. The maximum Gasteiger partial charge on any atom is 0.256 e. The highest BCUT2D eigenvalue weighted by Gasteiger charge is 2.48. The number of rotatable bonds is 7. The maximum absolute atomic E-state index is 7.58. The molecule has 0 saturated carbocycles. The Bertz CT molecular complexity index is 4330. The lowest BCUT2D eigenvalue weighted by molar-refractivity contribution is 0.488. The van der Waals surface area contributed by atoms with Gasteiger partial charge in [0.2, 0.25) is 0 Å². The minimum absolute atomic E-state index is 0.121. The van der Waals surface area contributed by atoms with Crippen molar-refractivity contribution in [2.24, 2.45) is 0 Å². The van der Waals surface area contributed by atoms with Crippen molar-refractivity contribution < 1.29 is 4.74 Å². The summed E-state index contributed by atoms with van der Waals surface area (Å²) in [6.07, 6.45) is 0. The molecule has 362 valence electrons. The Kier molecular flexibility index (Phi) is 10.1. The predicted molar refractivity (Wildman–Crippen MR) is 328 cm³/mol. The lowest BCUT2D eigenvalue weighted by Gasteiger charge is -2.46. The SMILES string of the molecule is c1ccc(-c2cc3c4c(c2)N(c2ccccc2)c2ccccc2B4c2cc4c(cc2O3)N(c2ccccc2-c2ccccc2)c2cc(-c3ccccc3)cc3c2B4c2ccccc2N3c2ccccc2-c2ccccc2)cc1. The summed E-state index contributed by atoms with van der Waals surface area (Å²) in [5.41, 5.74) is 26.7.